The van der Waals surface area contributed by atoms with Crippen LogP contribution in [-0.4, -0.2) is 25.7 Å². The summed E-state index contributed by atoms with van der Waals surface area (Å²) in [6, 6.07) is 6.02. The SMILES string of the molecule is O=C(c1c[nH]c(-c2nc3c(F)c(C4CCC4)ncc3[nH]2)c1)c1ccccc1C(F)(F)F. The van der Waals surface area contributed by atoms with Crippen LogP contribution in [0.5, 0.6) is 0 Å². The first-order valence-corrected chi connectivity index (χ1v) is 9.76. The lowest BCUT2D eigenvalue weighted by Gasteiger charge is -2.24. The molecule has 0 saturated heterocycles. The highest BCUT2D eigenvalue weighted by Crippen LogP contribution is 2.38. The highest BCUT2D eigenvalue weighted by atomic mass is 19.4. The van der Waals surface area contributed by atoms with Crippen molar-refractivity contribution < 1.29 is 22.4 Å². The minimum atomic E-state index is -4.65. The van der Waals surface area contributed by atoms with Crippen LogP contribution in [-0.2, 0) is 6.18 Å². The molecule has 1 saturated carbocycles. The fourth-order valence-electron chi connectivity index (χ4n) is 3.80. The highest BCUT2D eigenvalue weighted by molar-refractivity contribution is 6.10. The molecule has 0 spiro atoms. The number of hydrogen-bond acceptors (Lipinski definition) is 3. The molecule has 31 heavy (non-hydrogen) atoms. The van der Waals surface area contributed by atoms with E-state index in [-0.39, 0.29) is 22.8 Å². The fourth-order valence-corrected chi connectivity index (χ4v) is 3.80. The van der Waals surface area contributed by atoms with E-state index in [2.05, 4.69) is 19.9 Å². The highest BCUT2D eigenvalue weighted by Gasteiger charge is 2.35. The number of benzene rings is 1. The zero-order chi connectivity index (χ0) is 21.8. The number of hydrogen-bond donors (Lipinski definition) is 2. The number of H-pyrrole nitrogens is 2. The monoisotopic (exact) mass is 428 g/mol. The van der Waals surface area contributed by atoms with E-state index in [1.807, 2.05) is 0 Å². The summed E-state index contributed by atoms with van der Waals surface area (Å²) in [6.45, 7) is 0. The number of nitrogens with zero attached hydrogens (tertiary/aromatic N) is 2. The first kappa shape index (κ1) is 19.5. The van der Waals surface area contributed by atoms with Gasteiger partial charge in [0.25, 0.3) is 0 Å². The molecule has 1 aliphatic carbocycles. The van der Waals surface area contributed by atoms with Gasteiger partial charge in [0, 0.05) is 23.2 Å². The van der Waals surface area contributed by atoms with Gasteiger partial charge in [0.15, 0.2) is 17.4 Å². The van der Waals surface area contributed by atoms with E-state index in [1.54, 1.807) is 0 Å². The van der Waals surface area contributed by atoms with Crippen molar-refractivity contribution in [1.29, 1.82) is 0 Å². The van der Waals surface area contributed by atoms with Crippen LogP contribution in [0.15, 0.2) is 42.7 Å². The van der Waals surface area contributed by atoms with E-state index in [1.165, 1.54) is 30.6 Å². The Labute approximate surface area is 173 Å². The summed E-state index contributed by atoms with van der Waals surface area (Å²) >= 11 is 0. The Morgan fingerprint density at radius 2 is 1.94 bits per heavy atom. The molecule has 1 aliphatic rings. The lowest BCUT2D eigenvalue weighted by molar-refractivity contribution is -0.137. The minimum Gasteiger partial charge on any atom is -0.358 e. The molecule has 1 aromatic carbocycles. The van der Waals surface area contributed by atoms with Crippen LogP contribution in [0.3, 0.4) is 0 Å². The van der Waals surface area contributed by atoms with Gasteiger partial charge in [-0.2, -0.15) is 13.2 Å². The second kappa shape index (κ2) is 7.04. The molecular weight excluding hydrogens is 412 g/mol. The van der Waals surface area contributed by atoms with Crippen molar-refractivity contribution in [1.82, 2.24) is 19.9 Å². The number of aromatic amines is 2. The summed E-state index contributed by atoms with van der Waals surface area (Å²) in [6.07, 6.45) is 1.03. The molecule has 4 aromatic rings. The molecule has 0 aliphatic heterocycles. The summed E-state index contributed by atoms with van der Waals surface area (Å²) in [5.41, 5.74) is -0.0802. The van der Waals surface area contributed by atoms with Gasteiger partial charge in [-0.15, -0.1) is 0 Å². The van der Waals surface area contributed by atoms with Gasteiger partial charge < -0.3 is 9.97 Å². The quantitative estimate of drug-likeness (QED) is 0.328. The van der Waals surface area contributed by atoms with Crippen molar-refractivity contribution in [3.05, 3.63) is 70.9 Å². The third-order valence-corrected chi connectivity index (χ3v) is 5.67. The normalized spacial score (nSPS) is 14.7. The number of imidazole rings is 1. The molecule has 9 heteroatoms. The number of pyridine rings is 1. The largest absolute Gasteiger partial charge is 0.417 e. The van der Waals surface area contributed by atoms with Crippen LogP contribution < -0.4 is 0 Å². The standard InChI is InChI=1S/C22H16F4N4O/c23-17-18(11-4-3-5-11)28-10-16-19(17)30-21(29-16)15-8-12(9-27-15)20(31)13-6-1-2-7-14(13)22(24,25)26/h1-2,6-11,27H,3-5H2,(H,29,30). The van der Waals surface area contributed by atoms with Gasteiger partial charge in [-0.05, 0) is 25.0 Å². The molecule has 0 unspecified atom stereocenters. The van der Waals surface area contributed by atoms with E-state index >= 15 is 0 Å². The van der Waals surface area contributed by atoms with E-state index in [9.17, 15) is 22.4 Å². The molecule has 0 atom stereocenters. The molecule has 3 heterocycles. The van der Waals surface area contributed by atoms with Gasteiger partial charge in [0.2, 0.25) is 0 Å². The fraction of sp³-hybridized carbons (Fsp3) is 0.227. The maximum Gasteiger partial charge on any atom is 0.417 e. The Bertz CT molecular complexity index is 1300. The third kappa shape index (κ3) is 3.30. The number of halogens is 4. The maximum absolute atomic E-state index is 14.9. The zero-order valence-corrected chi connectivity index (χ0v) is 16.1. The number of rotatable bonds is 4. The van der Waals surface area contributed by atoms with Crippen LogP contribution in [0, 0.1) is 5.82 Å². The second-order valence-electron chi connectivity index (χ2n) is 7.61. The predicted octanol–water partition coefficient (Wildman–Crippen LogP) is 5.61. The molecule has 5 nitrogen and oxygen atoms in total. The summed E-state index contributed by atoms with van der Waals surface area (Å²) in [5, 5.41) is 0. The average molecular weight is 428 g/mol. The number of carbonyl (C=O) groups excluding carboxylic acids is 1. The number of carbonyl (C=O) groups is 1. The first-order chi connectivity index (χ1) is 14.8. The lowest BCUT2D eigenvalue weighted by atomic mass is 9.82. The van der Waals surface area contributed by atoms with Gasteiger partial charge in [0.05, 0.1) is 28.7 Å². The van der Waals surface area contributed by atoms with Gasteiger partial charge in [-0.25, -0.2) is 9.37 Å². The predicted molar refractivity (Wildman–Crippen MR) is 105 cm³/mol. The van der Waals surface area contributed by atoms with Gasteiger partial charge >= 0.3 is 6.18 Å². The van der Waals surface area contributed by atoms with E-state index in [4.69, 9.17) is 0 Å². The van der Waals surface area contributed by atoms with Gasteiger partial charge in [-0.3, -0.25) is 9.78 Å². The molecule has 0 amide bonds. The molecule has 3 aromatic heterocycles. The van der Waals surface area contributed by atoms with Gasteiger partial charge in [0.1, 0.15) is 5.52 Å². The first-order valence-electron chi connectivity index (χ1n) is 9.76. The molecule has 0 radical (unpaired) electrons. The number of fused-ring (bicyclic) bond motifs is 1. The van der Waals surface area contributed by atoms with E-state index < -0.39 is 28.9 Å². The Kier molecular flexibility index (Phi) is 4.42. The molecule has 2 N–H and O–H groups in total. The summed E-state index contributed by atoms with van der Waals surface area (Å²) in [5.74, 6) is -0.865. The van der Waals surface area contributed by atoms with Crippen molar-refractivity contribution >= 4 is 16.8 Å². The summed E-state index contributed by atoms with van der Waals surface area (Å²) in [4.78, 5) is 27.0. The second-order valence-corrected chi connectivity index (χ2v) is 7.61. The van der Waals surface area contributed by atoms with Crippen molar-refractivity contribution in [2.45, 2.75) is 31.4 Å². The minimum absolute atomic E-state index is 0.0425. The number of ketones is 1. The molecule has 1 fully saturated rings. The van der Waals surface area contributed by atoms with Crippen molar-refractivity contribution in [3.63, 3.8) is 0 Å². The Morgan fingerprint density at radius 3 is 2.65 bits per heavy atom. The number of nitrogens with one attached hydrogen (secondary N) is 2. The molecular formula is C22H16F4N4O. The molecule has 0 bridgehead atoms. The molecule has 158 valence electrons. The smallest absolute Gasteiger partial charge is 0.358 e. The summed E-state index contributed by atoms with van der Waals surface area (Å²) < 4.78 is 54.6. The zero-order valence-electron chi connectivity index (χ0n) is 16.1. The number of alkyl halides is 3. The topological polar surface area (TPSA) is 74.4 Å². The van der Waals surface area contributed by atoms with Crippen LogP contribution in [0.1, 0.15) is 52.4 Å². The lowest BCUT2D eigenvalue weighted by Crippen LogP contribution is -2.13. The Morgan fingerprint density at radius 1 is 1.16 bits per heavy atom. The Hall–Kier alpha value is -3.49. The van der Waals surface area contributed by atoms with Crippen LogP contribution >= 0.6 is 0 Å². The van der Waals surface area contributed by atoms with Gasteiger partial charge in [-0.1, -0.05) is 24.6 Å². The van der Waals surface area contributed by atoms with Crippen LogP contribution in [0.4, 0.5) is 17.6 Å². The third-order valence-electron chi connectivity index (χ3n) is 5.67. The average Bonchev–Trinajstić information content (AvgIpc) is 3.35. The van der Waals surface area contributed by atoms with Crippen LogP contribution in [0.2, 0.25) is 0 Å². The van der Waals surface area contributed by atoms with Crippen LogP contribution in [0.25, 0.3) is 22.6 Å². The van der Waals surface area contributed by atoms with Crippen molar-refractivity contribution in [3.8, 4) is 11.5 Å². The summed E-state index contributed by atoms with van der Waals surface area (Å²) in [7, 11) is 0. The van der Waals surface area contributed by atoms with Crippen molar-refractivity contribution in [2.75, 3.05) is 0 Å². The number of aromatic nitrogens is 4. The Balaban J connectivity index is 1.49. The van der Waals surface area contributed by atoms with E-state index in [0.29, 0.717) is 16.9 Å². The van der Waals surface area contributed by atoms with E-state index in [0.717, 1.165) is 31.4 Å². The van der Waals surface area contributed by atoms with Crippen molar-refractivity contribution in [2.24, 2.45) is 0 Å². The maximum atomic E-state index is 14.9. The molecule has 5 rings (SSSR count).